The topological polar surface area (TPSA) is 114 Å². The molecule has 9 heteroatoms. The molecule has 0 amide bonds. The maximum Gasteiger partial charge on any atom is 0.339 e. The first-order chi connectivity index (χ1) is 17.4. The Morgan fingerprint density at radius 2 is 2.03 bits per heavy atom. The van der Waals surface area contributed by atoms with Crippen LogP contribution in [0.5, 0.6) is 0 Å². The SMILES string of the molecule is CN(N)/C=C(\N)C1CC1c1c(C(=O)O)cnn1-c1cccc(C2CCCN(Sc3ccccc3)C2)c1. The lowest BCUT2D eigenvalue weighted by Gasteiger charge is -2.32. The fraction of sp³-hybridized carbons (Fsp3) is 0.333. The minimum atomic E-state index is -0.975. The molecule has 1 aliphatic heterocycles. The van der Waals surface area contributed by atoms with Gasteiger partial charge < -0.3 is 15.8 Å². The number of aromatic nitrogens is 2. The lowest BCUT2D eigenvalue weighted by molar-refractivity contribution is 0.0695. The van der Waals surface area contributed by atoms with E-state index < -0.39 is 5.97 Å². The van der Waals surface area contributed by atoms with E-state index in [1.807, 2.05) is 30.1 Å². The summed E-state index contributed by atoms with van der Waals surface area (Å²) in [6.45, 7) is 2.03. The molecule has 0 spiro atoms. The molecule has 3 atom stereocenters. The molecule has 36 heavy (non-hydrogen) atoms. The Kier molecular flexibility index (Phi) is 7.04. The molecule has 3 aromatic rings. The van der Waals surface area contributed by atoms with Crippen molar-refractivity contribution in [2.24, 2.45) is 17.5 Å². The molecule has 5 rings (SSSR count). The second kappa shape index (κ2) is 10.4. The van der Waals surface area contributed by atoms with Gasteiger partial charge in [-0.15, -0.1) is 0 Å². The molecule has 2 aliphatic rings. The van der Waals surface area contributed by atoms with E-state index in [1.54, 1.807) is 17.9 Å². The highest BCUT2D eigenvalue weighted by Gasteiger charge is 2.45. The molecule has 1 saturated carbocycles. The lowest BCUT2D eigenvalue weighted by atomic mass is 9.91. The van der Waals surface area contributed by atoms with Gasteiger partial charge in [0.15, 0.2) is 0 Å². The van der Waals surface area contributed by atoms with Crippen molar-refractivity contribution in [1.82, 2.24) is 19.1 Å². The van der Waals surface area contributed by atoms with Crippen LogP contribution in [0.2, 0.25) is 0 Å². The van der Waals surface area contributed by atoms with Crippen LogP contribution in [-0.4, -0.2) is 50.3 Å². The van der Waals surface area contributed by atoms with Crippen molar-refractivity contribution in [2.45, 2.75) is 36.0 Å². The van der Waals surface area contributed by atoms with Gasteiger partial charge in [0, 0.05) is 48.8 Å². The number of rotatable bonds is 8. The Balaban J connectivity index is 1.39. The van der Waals surface area contributed by atoms with E-state index in [9.17, 15) is 9.90 Å². The minimum Gasteiger partial charge on any atom is -0.478 e. The van der Waals surface area contributed by atoms with Gasteiger partial charge in [0.25, 0.3) is 0 Å². The predicted molar refractivity (Wildman–Crippen MR) is 141 cm³/mol. The fourth-order valence-electron chi connectivity index (χ4n) is 5.12. The van der Waals surface area contributed by atoms with E-state index in [0.717, 1.165) is 38.0 Å². The molecule has 8 nitrogen and oxygen atoms in total. The Morgan fingerprint density at radius 3 is 2.78 bits per heavy atom. The fourth-order valence-corrected chi connectivity index (χ4v) is 6.17. The van der Waals surface area contributed by atoms with Gasteiger partial charge >= 0.3 is 5.97 Å². The van der Waals surface area contributed by atoms with E-state index in [2.05, 4.69) is 45.8 Å². The molecule has 1 saturated heterocycles. The molecule has 188 valence electrons. The number of aromatic carboxylic acids is 1. The summed E-state index contributed by atoms with van der Waals surface area (Å²) in [5.41, 5.74) is 9.95. The zero-order chi connectivity index (χ0) is 25.2. The van der Waals surface area contributed by atoms with E-state index in [-0.39, 0.29) is 17.4 Å². The number of piperidine rings is 1. The van der Waals surface area contributed by atoms with Crippen LogP contribution in [0.15, 0.2) is 77.6 Å². The van der Waals surface area contributed by atoms with Crippen LogP contribution < -0.4 is 11.6 Å². The molecule has 2 fully saturated rings. The molecule has 0 bridgehead atoms. The Morgan fingerprint density at radius 1 is 1.22 bits per heavy atom. The summed E-state index contributed by atoms with van der Waals surface area (Å²) in [7, 11) is 1.72. The minimum absolute atomic E-state index is 0.00843. The van der Waals surface area contributed by atoms with Crippen LogP contribution in [0.4, 0.5) is 0 Å². The molecule has 2 aromatic carbocycles. The van der Waals surface area contributed by atoms with Crippen LogP contribution in [-0.2, 0) is 0 Å². The third-order valence-electron chi connectivity index (χ3n) is 6.91. The van der Waals surface area contributed by atoms with Gasteiger partial charge in [-0.1, -0.05) is 30.3 Å². The van der Waals surface area contributed by atoms with Gasteiger partial charge in [0.05, 0.1) is 17.6 Å². The summed E-state index contributed by atoms with van der Waals surface area (Å²) in [5, 5.41) is 15.8. The van der Waals surface area contributed by atoms with Crippen molar-refractivity contribution in [1.29, 1.82) is 0 Å². The Labute approximate surface area is 215 Å². The second-order valence-corrected chi connectivity index (χ2v) is 10.8. The second-order valence-electron chi connectivity index (χ2n) is 9.63. The van der Waals surface area contributed by atoms with Crippen molar-refractivity contribution >= 4 is 17.9 Å². The zero-order valence-corrected chi connectivity index (χ0v) is 21.1. The molecule has 2 heterocycles. The normalized spacial score (nSPS) is 22.4. The van der Waals surface area contributed by atoms with Crippen LogP contribution in [0, 0.1) is 5.92 Å². The molecular formula is C27H32N6O2S. The monoisotopic (exact) mass is 504 g/mol. The molecule has 5 N–H and O–H groups in total. The highest BCUT2D eigenvalue weighted by atomic mass is 32.2. The largest absolute Gasteiger partial charge is 0.478 e. The number of carboxylic acids is 1. The summed E-state index contributed by atoms with van der Waals surface area (Å²) >= 11 is 1.81. The Bertz CT molecular complexity index is 1260. The van der Waals surface area contributed by atoms with Gasteiger partial charge in [-0.25, -0.2) is 19.6 Å². The van der Waals surface area contributed by atoms with Crippen molar-refractivity contribution in [3.8, 4) is 5.69 Å². The summed E-state index contributed by atoms with van der Waals surface area (Å²) in [6, 6.07) is 18.8. The predicted octanol–water partition coefficient (Wildman–Crippen LogP) is 4.17. The van der Waals surface area contributed by atoms with Gasteiger partial charge in [-0.2, -0.15) is 5.10 Å². The van der Waals surface area contributed by atoms with Crippen LogP contribution >= 0.6 is 11.9 Å². The quantitative estimate of drug-likeness (QED) is 0.238. The summed E-state index contributed by atoms with van der Waals surface area (Å²) in [4.78, 5) is 13.3. The van der Waals surface area contributed by atoms with Gasteiger partial charge in [0.2, 0.25) is 0 Å². The first-order valence-electron chi connectivity index (χ1n) is 12.2. The van der Waals surface area contributed by atoms with Crippen molar-refractivity contribution in [3.63, 3.8) is 0 Å². The third kappa shape index (κ3) is 5.28. The number of nitrogens with two attached hydrogens (primary N) is 2. The smallest absolute Gasteiger partial charge is 0.339 e. The van der Waals surface area contributed by atoms with E-state index in [0.29, 0.717) is 17.3 Å². The summed E-state index contributed by atoms with van der Waals surface area (Å²) in [6.07, 6.45) is 6.18. The maximum absolute atomic E-state index is 12.0. The zero-order valence-electron chi connectivity index (χ0n) is 20.3. The van der Waals surface area contributed by atoms with Crippen LogP contribution in [0.3, 0.4) is 0 Å². The highest BCUT2D eigenvalue weighted by Crippen LogP contribution is 2.52. The van der Waals surface area contributed by atoms with Gasteiger partial charge in [-0.05, 0) is 67.0 Å². The van der Waals surface area contributed by atoms with Crippen LogP contribution in [0.1, 0.15) is 52.7 Å². The number of carbonyl (C=O) groups is 1. The maximum atomic E-state index is 12.0. The van der Waals surface area contributed by atoms with E-state index in [1.165, 1.54) is 21.7 Å². The standard InChI is InChI=1S/C27H32N6O2S/c1-31(29)17-25(28)22-14-23(22)26-24(27(34)35)15-30-33(26)20-9-5-7-18(13-20)19-8-6-12-32(16-19)36-21-10-3-2-4-11-21/h2-5,7,9-11,13,15,17,19,22-23H,6,8,12,14,16,28-29H2,1H3,(H,34,35)/b25-17-. The van der Waals surface area contributed by atoms with Crippen LogP contribution in [0.25, 0.3) is 5.69 Å². The first kappa shape index (κ1) is 24.4. The van der Waals surface area contributed by atoms with Gasteiger partial charge in [-0.3, -0.25) is 0 Å². The number of hydrogen-bond donors (Lipinski definition) is 3. The summed E-state index contributed by atoms with van der Waals surface area (Å²) in [5.74, 6) is 5.19. The van der Waals surface area contributed by atoms with E-state index >= 15 is 0 Å². The highest BCUT2D eigenvalue weighted by molar-refractivity contribution is 7.97. The molecule has 1 aliphatic carbocycles. The van der Waals surface area contributed by atoms with Crippen molar-refractivity contribution in [2.75, 3.05) is 20.1 Å². The van der Waals surface area contributed by atoms with E-state index in [4.69, 9.17) is 11.6 Å². The summed E-state index contributed by atoms with van der Waals surface area (Å²) < 4.78 is 4.23. The number of allylic oxidation sites excluding steroid dienone is 1. The third-order valence-corrected chi connectivity index (χ3v) is 7.98. The molecular weight excluding hydrogens is 472 g/mol. The number of hydrazine groups is 1. The number of carboxylic acid groups (broad SMARTS) is 1. The Hall–Kier alpha value is -3.27. The molecule has 1 aromatic heterocycles. The molecule has 0 radical (unpaired) electrons. The van der Waals surface area contributed by atoms with Crippen molar-refractivity contribution < 1.29 is 9.90 Å². The average Bonchev–Trinajstić information content (AvgIpc) is 3.54. The molecule has 3 unspecified atom stereocenters. The average molecular weight is 505 g/mol. The first-order valence-corrected chi connectivity index (χ1v) is 13.0. The van der Waals surface area contributed by atoms with Gasteiger partial charge in [0.1, 0.15) is 5.56 Å². The lowest BCUT2D eigenvalue weighted by Crippen LogP contribution is -2.29. The number of hydrogen-bond acceptors (Lipinski definition) is 7. The number of nitrogens with zero attached hydrogens (tertiary/aromatic N) is 4. The van der Waals surface area contributed by atoms with Crippen molar-refractivity contribution in [3.05, 3.63) is 89.5 Å². The number of benzene rings is 2.